The Hall–Kier alpha value is -1.74. The first kappa shape index (κ1) is 19.0. The Labute approximate surface area is 158 Å². The predicted molar refractivity (Wildman–Crippen MR) is 103 cm³/mol. The summed E-state index contributed by atoms with van der Waals surface area (Å²) in [6, 6.07) is 9.57. The summed E-state index contributed by atoms with van der Waals surface area (Å²) >= 11 is 5.94. The number of piperidine rings is 1. The summed E-state index contributed by atoms with van der Waals surface area (Å²) in [5.41, 5.74) is 1.87. The number of halogens is 1. The topological polar surface area (TPSA) is 101 Å². The molecule has 9 heteroatoms. The molecule has 0 bridgehead atoms. The Bertz CT molecular complexity index is 836. The third-order valence-electron chi connectivity index (χ3n) is 4.59. The SMILES string of the molecule is NS(=O)(=O)NCCC1CCN(c2cc(-c3ccc(Cl)cc3)ncn2)CC1. The number of rotatable bonds is 6. The van der Waals surface area contributed by atoms with E-state index in [-0.39, 0.29) is 0 Å². The molecule has 2 heterocycles. The molecule has 0 spiro atoms. The van der Waals surface area contributed by atoms with E-state index in [0.29, 0.717) is 17.5 Å². The Morgan fingerprint density at radius 2 is 1.88 bits per heavy atom. The third-order valence-corrected chi connectivity index (χ3v) is 5.45. The van der Waals surface area contributed by atoms with Crippen LogP contribution in [0.3, 0.4) is 0 Å². The molecule has 0 atom stereocenters. The van der Waals surface area contributed by atoms with Crippen LogP contribution in [0.25, 0.3) is 11.3 Å². The van der Waals surface area contributed by atoms with Crippen molar-refractivity contribution >= 4 is 27.6 Å². The fourth-order valence-electron chi connectivity index (χ4n) is 3.15. The van der Waals surface area contributed by atoms with E-state index in [2.05, 4.69) is 19.6 Å². The molecule has 0 unspecified atom stereocenters. The van der Waals surface area contributed by atoms with E-state index >= 15 is 0 Å². The van der Waals surface area contributed by atoms with Crippen LogP contribution in [0.2, 0.25) is 5.02 Å². The highest BCUT2D eigenvalue weighted by molar-refractivity contribution is 7.87. The second-order valence-electron chi connectivity index (χ2n) is 6.43. The van der Waals surface area contributed by atoms with E-state index < -0.39 is 10.2 Å². The van der Waals surface area contributed by atoms with Crippen molar-refractivity contribution in [3.63, 3.8) is 0 Å². The molecule has 1 saturated heterocycles. The van der Waals surface area contributed by atoms with Gasteiger partial charge in [-0.25, -0.2) is 19.8 Å². The van der Waals surface area contributed by atoms with Crippen molar-refractivity contribution in [2.75, 3.05) is 24.5 Å². The van der Waals surface area contributed by atoms with E-state index in [4.69, 9.17) is 16.7 Å². The summed E-state index contributed by atoms with van der Waals surface area (Å²) in [6.07, 6.45) is 4.37. The molecular weight excluding hydrogens is 374 g/mol. The molecule has 1 aliphatic rings. The summed E-state index contributed by atoms with van der Waals surface area (Å²) in [7, 11) is -3.60. The second-order valence-corrected chi connectivity index (χ2v) is 8.24. The lowest BCUT2D eigenvalue weighted by atomic mass is 9.93. The van der Waals surface area contributed by atoms with E-state index in [1.807, 2.05) is 30.3 Å². The summed E-state index contributed by atoms with van der Waals surface area (Å²) in [4.78, 5) is 11.0. The van der Waals surface area contributed by atoms with Gasteiger partial charge < -0.3 is 4.90 Å². The van der Waals surface area contributed by atoms with Gasteiger partial charge in [-0.15, -0.1) is 0 Å². The highest BCUT2D eigenvalue weighted by Gasteiger charge is 2.20. The van der Waals surface area contributed by atoms with Gasteiger partial charge in [-0.1, -0.05) is 23.7 Å². The zero-order valence-electron chi connectivity index (χ0n) is 14.3. The molecule has 26 heavy (non-hydrogen) atoms. The van der Waals surface area contributed by atoms with Crippen molar-refractivity contribution in [2.45, 2.75) is 19.3 Å². The fraction of sp³-hybridized carbons (Fsp3) is 0.412. The molecular formula is C17H22ClN5O2S. The normalized spacial score (nSPS) is 16.0. The smallest absolute Gasteiger partial charge is 0.274 e. The Morgan fingerprint density at radius 3 is 2.54 bits per heavy atom. The van der Waals surface area contributed by atoms with Crippen LogP contribution in [0.4, 0.5) is 5.82 Å². The average Bonchev–Trinajstić information content (AvgIpc) is 2.62. The minimum atomic E-state index is -3.60. The van der Waals surface area contributed by atoms with Crippen molar-refractivity contribution in [3.8, 4) is 11.3 Å². The maximum absolute atomic E-state index is 10.9. The van der Waals surface area contributed by atoms with E-state index in [1.54, 1.807) is 6.33 Å². The van der Waals surface area contributed by atoms with Crippen LogP contribution in [0, 0.1) is 5.92 Å². The highest BCUT2D eigenvalue weighted by Crippen LogP contribution is 2.26. The lowest BCUT2D eigenvalue weighted by molar-refractivity contribution is 0.380. The molecule has 7 nitrogen and oxygen atoms in total. The first-order valence-electron chi connectivity index (χ1n) is 8.51. The van der Waals surface area contributed by atoms with Crippen molar-refractivity contribution in [3.05, 3.63) is 41.7 Å². The van der Waals surface area contributed by atoms with Crippen molar-refractivity contribution in [1.29, 1.82) is 0 Å². The highest BCUT2D eigenvalue weighted by atomic mass is 35.5. The Kier molecular flexibility index (Phi) is 6.08. The molecule has 2 aromatic rings. The van der Waals surface area contributed by atoms with Gasteiger partial charge in [0.05, 0.1) is 5.69 Å². The fourth-order valence-corrected chi connectivity index (χ4v) is 3.68. The number of nitrogens with one attached hydrogen (secondary N) is 1. The second kappa shape index (κ2) is 8.30. The molecule has 1 fully saturated rings. The van der Waals surface area contributed by atoms with Gasteiger partial charge >= 0.3 is 0 Å². The molecule has 0 saturated carbocycles. The van der Waals surface area contributed by atoms with Crippen LogP contribution < -0.4 is 14.8 Å². The largest absolute Gasteiger partial charge is 0.356 e. The monoisotopic (exact) mass is 395 g/mol. The summed E-state index contributed by atoms with van der Waals surface area (Å²) in [5.74, 6) is 1.39. The summed E-state index contributed by atoms with van der Waals surface area (Å²) in [5, 5.41) is 5.65. The van der Waals surface area contributed by atoms with Gasteiger partial charge in [0.15, 0.2) is 0 Å². The number of hydrogen-bond donors (Lipinski definition) is 2. The van der Waals surface area contributed by atoms with Gasteiger partial charge in [0.1, 0.15) is 12.1 Å². The maximum atomic E-state index is 10.9. The van der Waals surface area contributed by atoms with Gasteiger partial charge in [0, 0.05) is 36.3 Å². The molecule has 1 aliphatic heterocycles. The zero-order valence-corrected chi connectivity index (χ0v) is 15.9. The van der Waals surface area contributed by atoms with Gasteiger partial charge in [-0.05, 0) is 37.3 Å². The lowest BCUT2D eigenvalue weighted by Crippen LogP contribution is -2.36. The van der Waals surface area contributed by atoms with Crippen molar-refractivity contribution in [1.82, 2.24) is 14.7 Å². The van der Waals surface area contributed by atoms with E-state index in [9.17, 15) is 8.42 Å². The third kappa shape index (κ3) is 5.38. The summed E-state index contributed by atoms with van der Waals surface area (Å²) < 4.78 is 24.2. The predicted octanol–water partition coefficient (Wildman–Crippen LogP) is 2.20. The molecule has 0 radical (unpaired) electrons. The van der Waals surface area contributed by atoms with Crippen molar-refractivity contribution < 1.29 is 8.42 Å². The van der Waals surface area contributed by atoms with Crippen molar-refractivity contribution in [2.24, 2.45) is 11.1 Å². The molecule has 0 aliphatic carbocycles. The van der Waals surface area contributed by atoms with E-state index in [0.717, 1.165) is 49.4 Å². The number of nitrogens with zero attached hydrogens (tertiary/aromatic N) is 3. The zero-order chi connectivity index (χ0) is 18.6. The molecule has 1 aromatic carbocycles. The first-order chi connectivity index (χ1) is 12.4. The Balaban J connectivity index is 1.58. The van der Waals surface area contributed by atoms with Crippen LogP contribution in [-0.2, 0) is 10.2 Å². The van der Waals surface area contributed by atoms with Gasteiger partial charge in [0.2, 0.25) is 0 Å². The number of aromatic nitrogens is 2. The number of benzene rings is 1. The van der Waals surface area contributed by atoms with Crippen LogP contribution >= 0.6 is 11.6 Å². The van der Waals surface area contributed by atoms with Gasteiger partial charge in [-0.2, -0.15) is 8.42 Å². The van der Waals surface area contributed by atoms with Crippen LogP contribution in [0.15, 0.2) is 36.7 Å². The van der Waals surface area contributed by atoms with Crippen LogP contribution in [-0.4, -0.2) is 38.0 Å². The molecule has 140 valence electrons. The Morgan fingerprint density at radius 1 is 1.19 bits per heavy atom. The molecule has 3 N–H and O–H groups in total. The minimum Gasteiger partial charge on any atom is -0.356 e. The lowest BCUT2D eigenvalue weighted by Gasteiger charge is -2.32. The number of hydrogen-bond acceptors (Lipinski definition) is 5. The quantitative estimate of drug-likeness (QED) is 0.780. The van der Waals surface area contributed by atoms with Gasteiger partial charge in [0.25, 0.3) is 10.2 Å². The molecule has 0 amide bonds. The van der Waals surface area contributed by atoms with E-state index in [1.165, 1.54) is 0 Å². The van der Waals surface area contributed by atoms with Crippen LogP contribution in [0.1, 0.15) is 19.3 Å². The maximum Gasteiger partial charge on any atom is 0.274 e. The molecule has 1 aromatic heterocycles. The number of nitrogens with two attached hydrogens (primary N) is 1. The number of anilines is 1. The first-order valence-corrected chi connectivity index (χ1v) is 10.4. The minimum absolute atomic E-state index is 0.387. The summed E-state index contributed by atoms with van der Waals surface area (Å²) in [6.45, 7) is 2.16. The van der Waals surface area contributed by atoms with Crippen LogP contribution in [0.5, 0.6) is 0 Å². The molecule has 3 rings (SSSR count). The average molecular weight is 396 g/mol. The van der Waals surface area contributed by atoms with Gasteiger partial charge in [-0.3, -0.25) is 0 Å². The standard InChI is InChI=1S/C17H22ClN5O2S/c18-15-3-1-14(2-4-15)16-11-17(21-12-20-16)23-9-6-13(7-10-23)5-8-22-26(19,24)25/h1-4,11-13,22H,5-10H2,(H2,19,24,25).